The number of piperidine rings is 1. The van der Waals surface area contributed by atoms with Gasteiger partial charge in [-0.05, 0) is 6.92 Å². The van der Waals surface area contributed by atoms with Crippen LogP contribution in [0.4, 0.5) is 5.82 Å². The molecule has 106 valence electrons. The average molecular weight is 274 g/mol. The Kier molecular flexibility index (Phi) is 2.68. The highest BCUT2D eigenvalue weighted by Gasteiger charge is 2.40. The van der Waals surface area contributed by atoms with Crippen molar-refractivity contribution in [3.8, 4) is 0 Å². The molecule has 2 saturated heterocycles. The van der Waals surface area contributed by atoms with Gasteiger partial charge in [0.1, 0.15) is 5.82 Å². The highest BCUT2D eigenvalue weighted by molar-refractivity contribution is 5.51. The van der Waals surface area contributed by atoms with E-state index in [4.69, 9.17) is 9.47 Å². The van der Waals surface area contributed by atoms with Crippen LogP contribution in [0.2, 0.25) is 0 Å². The summed E-state index contributed by atoms with van der Waals surface area (Å²) in [4.78, 5) is 6.82. The molecule has 0 saturated carbocycles. The van der Waals surface area contributed by atoms with Crippen LogP contribution in [0.5, 0.6) is 0 Å². The lowest BCUT2D eigenvalue weighted by Crippen LogP contribution is -2.45. The molecule has 1 spiro atoms. The zero-order valence-corrected chi connectivity index (χ0v) is 11.6. The van der Waals surface area contributed by atoms with Gasteiger partial charge in [-0.1, -0.05) is 0 Å². The first-order chi connectivity index (χ1) is 9.76. The van der Waals surface area contributed by atoms with Gasteiger partial charge in [0, 0.05) is 43.8 Å². The molecule has 0 radical (unpaired) electrons. The average Bonchev–Trinajstić information content (AvgIpc) is 3.08. The lowest BCUT2D eigenvalue weighted by Gasteiger charge is -2.38. The van der Waals surface area contributed by atoms with Gasteiger partial charge in [-0.2, -0.15) is 9.61 Å². The van der Waals surface area contributed by atoms with E-state index >= 15 is 0 Å². The third-order valence-corrected chi connectivity index (χ3v) is 4.13. The van der Waals surface area contributed by atoms with Crippen molar-refractivity contribution < 1.29 is 9.47 Å². The van der Waals surface area contributed by atoms with Crippen LogP contribution in [-0.2, 0) is 9.47 Å². The summed E-state index contributed by atoms with van der Waals surface area (Å²) in [6, 6.07) is 4.03. The van der Waals surface area contributed by atoms with Crippen LogP contribution in [0.25, 0.3) is 5.65 Å². The summed E-state index contributed by atoms with van der Waals surface area (Å²) in [5.74, 6) is 0.771. The molecular weight excluding hydrogens is 256 g/mol. The lowest BCUT2D eigenvalue weighted by molar-refractivity contribution is -0.169. The van der Waals surface area contributed by atoms with Gasteiger partial charge in [0.15, 0.2) is 11.4 Å². The Bertz CT molecular complexity index is 623. The number of anilines is 1. The van der Waals surface area contributed by atoms with Crippen LogP contribution in [0.3, 0.4) is 0 Å². The van der Waals surface area contributed by atoms with Crippen LogP contribution in [0.15, 0.2) is 18.3 Å². The second-order valence-electron chi connectivity index (χ2n) is 5.45. The SMILES string of the molecule is Cc1cc(N2CCC3(CC2)OCCO3)n2nccc2n1. The summed E-state index contributed by atoms with van der Waals surface area (Å²) in [7, 11) is 0. The molecule has 4 heterocycles. The molecule has 6 nitrogen and oxygen atoms in total. The Balaban J connectivity index is 1.62. The Morgan fingerprint density at radius 2 is 1.95 bits per heavy atom. The molecule has 2 aliphatic heterocycles. The van der Waals surface area contributed by atoms with Gasteiger partial charge in [-0.3, -0.25) is 0 Å². The van der Waals surface area contributed by atoms with Crippen LogP contribution in [0.1, 0.15) is 18.5 Å². The van der Waals surface area contributed by atoms with Gasteiger partial charge in [0.25, 0.3) is 0 Å². The normalized spacial score (nSPS) is 21.9. The summed E-state index contributed by atoms with van der Waals surface area (Å²) >= 11 is 0. The van der Waals surface area contributed by atoms with Crippen molar-refractivity contribution >= 4 is 11.5 Å². The molecule has 2 aromatic heterocycles. The number of hydrogen-bond acceptors (Lipinski definition) is 5. The van der Waals surface area contributed by atoms with E-state index in [1.165, 1.54) is 0 Å². The monoisotopic (exact) mass is 274 g/mol. The van der Waals surface area contributed by atoms with Gasteiger partial charge < -0.3 is 14.4 Å². The minimum absolute atomic E-state index is 0.332. The molecule has 0 atom stereocenters. The van der Waals surface area contributed by atoms with Crippen LogP contribution < -0.4 is 4.90 Å². The van der Waals surface area contributed by atoms with Crippen LogP contribution in [-0.4, -0.2) is 46.7 Å². The van der Waals surface area contributed by atoms with E-state index in [1.807, 2.05) is 17.5 Å². The van der Waals surface area contributed by atoms with E-state index < -0.39 is 0 Å². The largest absolute Gasteiger partial charge is 0.356 e. The van der Waals surface area contributed by atoms with Gasteiger partial charge in [-0.25, -0.2) is 4.98 Å². The molecule has 0 bridgehead atoms. The minimum atomic E-state index is -0.332. The molecule has 20 heavy (non-hydrogen) atoms. The maximum absolute atomic E-state index is 5.78. The highest BCUT2D eigenvalue weighted by Crippen LogP contribution is 2.33. The summed E-state index contributed by atoms with van der Waals surface area (Å²) in [5, 5.41) is 4.37. The molecule has 2 aromatic rings. The standard InChI is InChI=1S/C14H18N4O2/c1-11-10-13(18-12(16-11)2-5-15-18)17-6-3-14(4-7-17)19-8-9-20-14/h2,5,10H,3-4,6-9H2,1H3. The van der Waals surface area contributed by atoms with Gasteiger partial charge >= 0.3 is 0 Å². The smallest absolute Gasteiger partial charge is 0.171 e. The van der Waals surface area contributed by atoms with Crippen molar-refractivity contribution in [1.29, 1.82) is 0 Å². The zero-order chi connectivity index (χ0) is 13.6. The molecule has 0 N–H and O–H groups in total. The third-order valence-electron chi connectivity index (χ3n) is 4.13. The van der Waals surface area contributed by atoms with Crippen molar-refractivity contribution in [2.24, 2.45) is 0 Å². The first kappa shape index (κ1) is 12.1. The van der Waals surface area contributed by atoms with E-state index in [9.17, 15) is 0 Å². The van der Waals surface area contributed by atoms with E-state index in [-0.39, 0.29) is 5.79 Å². The molecule has 0 aromatic carbocycles. The number of hydrogen-bond donors (Lipinski definition) is 0. The Labute approximate surface area is 117 Å². The zero-order valence-electron chi connectivity index (χ0n) is 11.6. The predicted octanol–water partition coefficient (Wildman–Crippen LogP) is 1.38. The van der Waals surface area contributed by atoms with E-state index in [0.717, 1.165) is 56.3 Å². The van der Waals surface area contributed by atoms with Crippen molar-refractivity contribution in [1.82, 2.24) is 14.6 Å². The lowest BCUT2D eigenvalue weighted by atomic mass is 10.0. The maximum Gasteiger partial charge on any atom is 0.171 e. The van der Waals surface area contributed by atoms with E-state index in [1.54, 1.807) is 6.20 Å². The summed E-state index contributed by atoms with van der Waals surface area (Å²) in [6.07, 6.45) is 3.59. The van der Waals surface area contributed by atoms with Gasteiger partial charge in [0.2, 0.25) is 0 Å². The molecule has 2 aliphatic rings. The topological polar surface area (TPSA) is 51.9 Å². The van der Waals surface area contributed by atoms with Crippen molar-refractivity contribution in [3.63, 3.8) is 0 Å². The minimum Gasteiger partial charge on any atom is -0.356 e. The number of nitrogens with zero attached hydrogens (tertiary/aromatic N) is 4. The first-order valence-corrected chi connectivity index (χ1v) is 7.10. The summed E-state index contributed by atoms with van der Waals surface area (Å²) < 4.78 is 13.5. The summed E-state index contributed by atoms with van der Waals surface area (Å²) in [5.41, 5.74) is 1.91. The van der Waals surface area contributed by atoms with Gasteiger partial charge in [0.05, 0.1) is 19.4 Å². The third kappa shape index (κ3) is 1.87. The van der Waals surface area contributed by atoms with Crippen molar-refractivity contribution in [2.45, 2.75) is 25.6 Å². The highest BCUT2D eigenvalue weighted by atomic mass is 16.7. The number of aromatic nitrogens is 3. The Morgan fingerprint density at radius 1 is 1.20 bits per heavy atom. The van der Waals surface area contributed by atoms with Gasteiger partial charge in [-0.15, -0.1) is 0 Å². The van der Waals surface area contributed by atoms with Crippen molar-refractivity contribution in [3.05, 3.63) is 24.0 Å². The maximum atomic E-state index is 5.78. The fourth-order valence-electron chi connectivity index (χ4n) is 3.11. The van der Waals surface area contributed by atoms with E-state index in [2.05, 4.69) is 21.0 Å². The van der Waals surface area contributed by atoms with Crippen molar-refractivity contribution in [2.75, 3.05) is 31.2 Å². The Morgan fingerprint density at radius 3 is 2.70 bits per heavy atom. The number of rotatable bonds is 1. The first-order valence-electron chi connectivity index (χ1n) is 7.10. The molecule has 0 unspecified atom stereocenters. The number of aryl methyl sites for hydroxylation is 1. The molecule has 0 aliphatic carbocycles. The number of ether oxygens (including phenoxy) is 2. The fourth-order valence-corrected chi connectivity index (χ4v) is 3.11. The molecule has 2 fully saturated rings. The fraction of sp³-hybridized carbons (Fsp3) is 0.571. The quantitative estimate of drug-likeness (QED) is 0.786. The molecular formula is C14H18N4O2. The molecule has 6 heteroatoms. The predicted molar refractivity (Wildman–Crippen MR) is 73.8 cm³/mol. The molecule has 4 rings (SSSR count). The number of fused-ring (bicyclic) bond motifs is 1. The second-order valence-corrected chi connectivity index (χ2v) is 5.45. The van der Waals surface area contributed by atoms with E-state index in [0.29, 0.717) is 0 Å². The second kappa shape index (κ2) is 4.43. The summed E-state index contributed by atoms with van der Waals surface area (Å²) in [6.45, 7) is 5.29. The van der Waals surface area contributed by atoms with Crippen LogP contribution >= 0.6 is 0 Å². The Hall–Kier alpha value is -1.66. The molecule has 0 amide bonds. The van der Waals surface area contributed by atoms with Crippen LogP contribution in [0, 0.1) is 6.92 Å².